The molecule has 5 fully saturated rings. The third kappa shape index (κ3) is 4.67. The average molecular weight is 571 g/mol. The van der Waals surface area contributed by atoms with E-state index >= 15 is 0 Å². The molecule has 0 spiro atoms. The van der Waals surface area contributed by atoms with Crippen LogP contribution in [0.15, 0.2) is 0 Å². The topological polar surface area (TPSA) is 0 Å². The zero-order chi connectivity index (χ0) is 29.5. The predicted octanol–water partition coefficient (Wildman–Crippen LogP) is 12.0. The maximum absolute atomic E-state index is 2.73. The van der Waals surface area contributed by atoms with Crippen LogP contribution in [-0.2, 0) is 0 Å². The molecule has 1 heteroatoms. The lowest BCUT2D eigenvalue weighted by molar-refractivity contribution is -0.0931. The van der Waals surface area contributed by atoms with Gasteiger partial charge in [0, 0.05) is 0 Å². The van der Waals surface area contributed by atoms with Gasteiger partial charge < -0.3 is 0 Å². The van der Waals surface area contributed by atoms with Crippen molar-refractivity contribution in [3.8, 4) is 0 Å². The van der Waals surface area contributed by atoms with E-state index < -0.39 is 0 Å². The second kappa shape index (κ2) is 10.8. The highest BCUT2D eigenvalue weighted by Gasteiger charge is 2.71. The normalized spacial score (nSPS) is 42.6. The van der Waals surface area contributed by atoms with Crippen LogP contribution in [0.2, 0.25) is 0 Å². The molecule has 0 heterocycles. The van der Waals surface area contributed by atoms with E-state index in [1.54, 1.807) is 25.7 Å². The molecule has 0 saturated heterocycles. The van der Waals surface area contributed by atoms with E-state index in [-0.39, 0.29) is 0 Å². The third-order valence-electron chi connectivity index (χ3n) is 17.0. The van der Waals surface area contributed by atoms with Gasteiger partial charge in [0.05, 0.1) is 0 Å². The third-order valence-corrected chi connectivity index (χ3v) is 17.9. The van der Waals surface area contributed by atoms with Gasteiger partial charge in [0.1, 0.15) is 0 Å². The first-order chi connectivity index (χ1) is 18.5. The molecule has 0 aromatic heterocycles. The van der Waals surface area contributed by atoms with Gasteiger partial charge in [-0.05, 0) is 144 Å². The Morgan fingerprint density at radius 2 is 1.43 bits per heavy atom. The lowest BCUT2D eigenvalue weighted by atomic mass is 9.47. The number of rotatable bonds is 9. The minimum atomic E-state index is 0.401. The summed E-state index contributed by atoms with van der Waals surface area (Å²) in [5, 5.41) is 0. The largest absolute Gasteiger partial charge is 0.125 e. The molecule has 5 saturated carbocycles. The van der Waals surface area contributed by atoms with Crippen molar-refractivity contribution in [1.82, 2.24) is 0 Å². The summed E-state index contributed by atoms with van der Waals surface area (Å²) in [6.45, 7) is 31.6. The van der Waals surface area contributed by atoms with Crippen molar-refractivity contribution in [2.24, 2.45) is 86.3 Å². The van der Waals surface area contributed by atoms with E-state index in [2.05, 4.69) is 82.8 Å². The van der Waals surface area contributed by atoms with Crippen LogP contribution in [0.4, 0.5) is 0 Å². The summed E-state index contributed by atoms with van der Waals surface area (Å²) in [5.41, 5.74) is 2.34. The monoisotopic (exact) mass is 571 g/mol. The molecular formula is C39H71P. The summed E-state index contributed by atoms with van der Waals surface area (Å²) in [4.78, 5) is 0. The van der Waals surface area contributed by atoms with Crippen molar-refractivity contribution in [1.29, 1.82) is 0 Å². The minimum Gasteiger partial charge on any atom is -0.125 e. The van der Waals surface area contributed by atoms with Crippen LogP contribution in [0.25, 0.3) is 0 Å². The van der Waals surface area contributed by atoms with Crippen molar-refractivity contribution in [3.63, 3.8) is 0 Å². The summed E-state index contributed by atoms with van der Waals surface area (Å²) in [7, 11) is 1.10. The van der Waals surface area contributed by atoms with Crippen LogP contribution >= 0.6 is 8.58 Å². The Labute approximate surface area is 253 Å². The Bertz CT molecular complexity index is 890. The molecule has 40 heavy (non-hydrogen) atoms. The Morgan fingerprint density at radius 1 is 0.775 bits per heavy atom. The quantitative estimate of drug-likeness (QED) is 0.242. The lowest BCUT2D eigenvalue weighted by Crippen LogP contribution is -2.52. The lowest BCUT2D eigenvalue weighted by Gasteiger charge is -2.58. The summed E-state index contributed by atoms with van der Waals surface area (Å²) >= 11 is 0. The first-order valence-corrected chi connectivity index (χ1v) is 19.9. The van der Waals surface area contributed by atoms with Crippen LogP contribution < -0.4 is 0 Å². The van der Waals surface area contributed by atoms with Crippen molar-refractivity contribution in [3.05, 3.63) is 0 Å². The molecule has 0 aromatic carbocycles. The van der Waals surface area contributed by atoms with Crippen LogP contribution in [0, 0.1) is 86.3 Å². The van der Waals surface area contributed by atoms with Crippen molar-refractivity contribution < 1.29 is 0 Å². The zero-order valence-corrected chi connectivity index (χ0v) is 30.3. The fraction of sp³-hybridized carbons (Fsp3) is 1.00. The standard InChI is InChI=1S/C39H71P/c1-13-25(20-26-18-19-29-28-16-14-15-17-30(28)36(4,5)31(29)22-26)21-27(24-40-12)35(2,3)32-23-33-34(32)38(8,9)39(10,11)37(33,6)7/h25-34,40H,13-24H2,1-12H3. The highest BCUT2D eigenvalue weighted by Crippen LogP contribution is 2.77. The van der Waals surface area contributed by atoms with E-state index in [9.17, 15) is 0 Å². The first-order valence-electron chi connectivity index (χ1n) is 18.2. The van der Waals surface area contributed by atoms with Crippen LogP contribution in [0.3, 0.4) is 0 Å². The molecule has 11 unspecified atom stereocenters. The molecule has 0 nitrogen and oxygen atoms in total. The minimum absolute atomic E-state index is 0.401. The van der Waals surface area contributed by atoms with Gasteiger partial charge >= 0.3 is 0 Å². The highest BCUT2D eigenvalue weighted by molar-refractivity contribution is 7.37. The fourth-order valence-corrected chi connectivity index (χ4v) is 14.3. The van der Waals surface area contributed by atoms with Gasteiger partial charge in [-0.15, -0.1) is 8.58 Å². The molecule has 0 N–H and O–H groups in total. The summed E-state index contributed by atoms with van der Waals surface area (Å²) in [5.74, 6) is 9.77. The van der Waals surface area contributed by atoms with Gasteiger partial charge in [-0.2, -0.15) is 0 Å². The summed E-state index contributed by atoms with van der Waals surface area (Å²) in [6, 6.07) is 0. The molecule has 0 aromatic rings. The van der Waals surface area contributed by atoms with E-state index in [0.29, 0.717) is 27.1 Å². The second-order valence-corrected chi connectivity index (χ2v) is 20.3. The first kappa shape index (κ1) is 31.8. The number of hydrogen-bond donors (Lipinski definition) is 0. The zero-order valence-electron chi connectivity index (χ0n) is 29.3. The number of hydrogen-bond acceptors (Lipinski definition) is 0. The Kier molecular flexibility index (Phi) is 8.60. The van der Waals surface area contributed by atoms with E-state index in [1.807, 2.05) is 0 Å². The van der Waals surface area contributed by atoms with Gasteiger partial charge in [-0.1, -0.05) is 102 Å². The molecule has 232 valence electrons. The predicted molar refractivity (Wildman–Crippen MR) is 179 cm³/mol. The molecular weight excluding hydrogens is 499 g/mol. The van der Waals surface area contributed by atoms with Gasteiger partial charge in [0.15, 0.2) is 0 Å². The molecule has 0 amide bonds. The van der Waals surface area contributed by atoms with E-state index in [1.165, 1.54) is 51.1 Å². The van der Waals surface area contributed by atoms with E-state index in [4.69, 9.17) is 0 Å². The molecule has 5 rings (SSSR count). The van der Waals surface area contributed by atoms with Crippen LogP contribution in [-0.4, -0.2) is 12.8 Å². The highest BCUT2D eigenvalue weighted by atomic mass is 31.1. The summed E-state index contributed by atoms with van der Waals surface area (Å²) < 4.78 is 0. The Balaban J connectivity index is 1.27. The molecule has 11 atom stereocenters. The van der Waals surface area contributed by atoms with Gasteiger partial charge in [0.2, 0.25) is 0 Å². The Hall–Kier alpha value is 0.430. The van der Waals surface area contributed by atoms with Crippen LogP contribution in [0.5, 0.6) is 0 Å². The molecule has 5 aliphatic rings. The van der Waals surface area contributed by atoms with Gasteiger partial charge in [0.25, 0.3) is 0 Å². The van der Waals surface area contributed by atoms with Gasteiger partial charge in [-0.3, -0.25) is 0 Å². The van der Waals surface area contributed by atoms with E-state index in [0.717, 1.165) is 67.8 Å². The van der Waals surface area contributed by atoms with Gasteiger partial charge in [-0.25, -0.2) is 0 Å². The van der Waals surface area contributed by atoms with Crippen molar-refractivity contribution in [2.75, 3.05) is 12.8 Å². The second-order valence-electron chi connectivity index (χ2n) is 19.2. The smallest absolute Gasteiger partial charge is 0.0246 e. The summed E-state index contributed by atoms with van der Waals surface area (Å²) in [6.07, 6.45) is 18.2. The Morgan fingerprint density at radius 3 is 2.05 bits per heavy atom. The SMILES string of the molecule is CCC(CC1CCC2C3CCCCC3C(C)(C)C2C1)CC(CPC)C(C)(C)C1CC2C1C(C)(C)C(C)(C)C2(C)C. The molecule has 0 radical (unpaired) electrons. The van der Waals surface area contributed by atoms with Crippen molar-refractivity contribution >= 4 is 8.58 Å². The maximum Gasteiger partial charge on any atom is -0.0246 e. The van der Waals surface area contributed by atoms with Crippen LogP contribution in [0.1, 0.15) is 147 Å². The maximum atomic E-state index is 2.73. The molecule has 0 bridgehead atoms. The fourth-order valence-electron chi connectivity index (χ4n) is 13.1. The number of fused-ring (bicyclic) bond motifs is 4. The molecule has 0 aliphatic heterocycles. The average Bonchev–Trinajstić information content (AvgIpc) is 3.11. The van der Waals surface area contributed by atoms with Crippen molar-refractivity contribution in [2.45, 2.75) is 147 Å². The molecule has 5 aliphatic carbocycles.